The van der Waals surface area contributed by atoms with Crippen molar-refractivity contribution in [3.8, 4) is 0 Å². The summed E-state index contributed by atoms with van der Waals surface area (Å²) >= 11 is 0. The van der Waals surface area contributed by atoms with E-state index in [4.69, 9.17) is 0 Å². The zero-order chi connectivity index (χ0) is 9.14. The Morgan fingerprint density at radius 1 is 0.750 bits per heavy atom. The van der Waals surface area contributed by atoms with Crippen LogP contribution in [0, 0.1) is 0 Å². The molecule has 0 saturated carbocycles. The van der Waals surface area contributed by atoms with Crippen molar-refractivity contribution in [1.29, 1.82) is 0 Å². The van der Waals surface area contributed by atoms with Crippen LogP contribution >= 0.6 is 0 Å². The molecule has 0 aromatic heterocycles. The first-order valence-electron chi connectivity index (χ1n) is 5.20. The summed E-state index contributed by atoms with van der Waals surface area (Å²) in [5, 5.41) is 0. The number of hydrogen-bond acceptors (Lipinski definition) is 0. The predicted molar refractivity (Wildman–Crippen MR) is 68.5 cm³/mol. The van der Waals surface area contributed by atoms with Crippen molar-refractivity contribution in [3.05, 3.63) is 0 Å². The topological polar surface area (TPSA) is 0 Å². The lowest BCUT2D eigenvalue weighted by Gasteiger charge is -2.25. The molecule has 0 aromatic rings. The van der Waals surface area contributed by atoms with Crippen molar-refractivity contribution in [2.24, 2.45) is 0 Å². The van der Waals surface area contributed by atoms with Crippen molar-refractivity contribution >= 4 is 35.2 Å². The standard InChI is InChI=1S/C8H22Si4/c1-9-5-10(2)7-12(4)8-11(3)6-9/h9,12H,5-8H2,1-4H3. The Morgan fingerprint density at radius 3 is 1.25 bits per heavy atom. The Labute approximate surface area is 84.2 Å². The molecule has 0 N–H and O–H groups in total. The van der Waals surface area contributed by atoms with Crippen molar-refractivity contribution in [1.82, 2.24) is 0 Å². The van der Waals surface area contributed by atoms with Crippen LogP contribution in [0.15, 0.2) is 0 Å². The number of hydrogen-bond donors (Lipinski definition) is 0. The summed E-state index contributed by atoms with van der Waals surface area (Å²) in [5.74, 6) is 0. The minimum Gasteiger partial charge on any atom is -0.0724 e. The van der Waals surface area contributed by atoms with Crippen LogP contribution in [0.2, 0.25) is 48.9 Å². The fourth-order valence-electron chi connectivity index (χ4n) is 2.69. The van der Waals surface area contributed by atoms with Gasteiger partial charge in [0.05, 0.1) is 0 Å². The maximum absolute atomic E-state index is 2.62. The smallest absolute Gasteiger partial charge is 0.0384 e. The molecule has 1 rings (SSSR count). The monoisotopic (exact) mass is 230 g/mol. The van der Waals surface area contributed by atoms with Gasteiger partial charge < -0.3 is 0 Å². The van der Waals surface area contributed by atoms with Gasteiger partial charge in [0, 0.05) is 35.2 Å². The maximum Gasteiger partial charge on any atom is 0.0384 e. The van der Waals surface area contributed by atoms with Crippen molar-refractivity contribution in [2.45, 2.75) is 48.9 Å². The van der Waals surface area contributed by atoms with Gasteiger partial charge in [-0.3, -0.25) is 0 Å². The van der Waals surface area contributed by atoms with Gasteiger partial charge in [0.1, 0.15) is 0 Å². The molecule has 2 radical (unpaired) electrons. The van der Waals surface area contributed by atoms with Gasteiger partial charge in [0.2, 0.25) is 0 Å². The molecule has 1 saturated heterocycles. The van der Waals surface area contributed by atoms with Crippen LogP contribution in [0.1, 0.15) is 0 Å². The molecule has 0 aromatic carbocycles. The van der Waals surface area contributed by atoms with Crippen molar-refractivity contribution < 1.29 is 0 Å². The average Bonchev–Trinajstić information content (AvgIpc) is 1.81. The lowest BCUT2D eigenvalue weighted by molar-refractivity contribution is 1.52. The Balaban J connectivity index is 2.45. The molecular weight excluding hydrogens is 208 g/mol. The summed E-state index contributed by atoms with van der Waals surface area (Å²) in [4.78, 5) is 0. The minimum atomic E-state index is -0.199. The van der Waals surface area contributed by atoms with Crippen LogP contribution in [0.25, 0.3) is 0 Å². The van der Waals surface area contributed by atoms with Crippen LogP contribution in [0.4, 0.5) is 0 Å². The van der Waals surface area contributed by atoms with E-state index in [0.717, 1.165) is 0 Å². The fourth-order valence-corrected chi connectivity index (χ4v) is 29.8. The molecule has 0 nitrogen and oxygen atoms in total. The van der Waals surface area contributed by atoms with Gasteiger partial charge in [-0.15, -0.1) is 0 Å². The first-order chi connectivity index (χ1) is 5.58. The molecule has 0 atom stereocenters. The van der Waals surface area contributed by atoms with E-state index in [1.807, 2.05) is 0 Å². The summed E-state index contributed by atoms with van der Waals surface area (Å²) in [6.07, 6.45) is 0. The van der Waals surface area contributed by atoms with Crippen LogP contribution in [0.5, 0.6) is 0 Å². The molecule has 1 fully saturated rings. The Kier molecular flexibility index (Phi) is 4.49. The third-order valence-corrected chi connectivity index (χ3v) is 25.1. The first kappa shape index (κ1) is 10.9. The molecule has 0 unspecified atom stereocenters. The number of rotatable bonds is 0. The molecule has 12 heavy (non-hydrogen) atoms. The van der Waals surface area contributed by atoms with Gasteiger partial charge in [0.15, 0.2) is 0 Å². The molecule has 0 bridgehead atoms. The summed E-state index contributed by atoms with van der Waals surface area (Å²) < 4.78 is 0. The van der Waals surface area contributed by atoms with E-state index >= 15 is 0 Å². The van der Waals surface area contributed by atoms with Crippen LogP contribution in [-0.2, 0) is 0 Å². The van der Waals surface area contributed by atoms with Gasteiger partial charge >= 0.3 is 0 Å². The van der Waals surface area contributed by atoms with Gasteiger partial charge in [-0.1, -0.05) is 48.9 Å². The van der Waals surface area contributed by atoms with Crippen LogP contribution in [-0.4, -0.2) is 35.2 Å². The SMILES string of the molecule is C[Si]1C[SiH](C)C[Si](C)C[SiH](C)C1. The highest BCUT2D eigenvalue weighted by atomic mass is 28.4. The zero-order valence-corrected chi connectivity index (χ0v) is 13.3. The van der Waals surface area contributed by atoms with E-state index < -0.39 is 0 Å². The summed E-state index contributed by atoms with van der Waals surface area (Å²) in [6.45, 7) is 10.5. The second kappa shape index (κ2) is 4.93. The third-order valence-electron chi connectivity index (χ3n) is 2.79. The third kappa shape index (κ3) is 3.72. The van der Waals surface area contributed by atoms with Crippen molar-refractivity contribution in [3.63, 3.8) is 0 Å². The maximum atomic E-state index is 2.62. The molecular formula is C8H22Si4. The Morgan fingerprint density at radius 2 is 1.00 bits per heavy atom. The highest BCUT2D eigenvalue weighted by molar-refractivity contribution is 6.94. The van der Waals surface area contributed by atoms with E-state index in [9.17, 15) is 0 Å². The first-order valence-corrected chi connectivity index (χ1v) is 15.6. The summed E-state index contributed by atoms with van der Waals surface area (Å²) in [5.41, 5.74) is 7.02. The van der Waals surface area contributed by atoms with E-state index in [1.54, 1.807) is 22.7 Å². The minimum absolute atomic E-state index is 0.167. The Bertz CT molecular complexity index is 99.0. The van der Waals surface area contributed by atoms with Gasteiger partial charge in [-0.2, -0.15) is 0 Å². The highest BCUT2D eigenvalue weighted by Crippen LogP contribution is 2.18. The molecule has 0 amide bonds. The molecule has 70 valence electrons. The largest absolute Gasteiger partial charge is 0.0724 e. The predicted octanol–water partition coefficient (Wildman–Crippen LogP) is 2.12. The molecule has 1 aliphatic heterocycles. The van der Waals surface area contributed by atoms with E-state index in [1.165, 1.54) is 0 Å². The second-order valence-corrected chi connectivity index (χ2v) is 19.7. The second-order valence-electron chi connectivity index (χ2n) is 4.94. The fraction of sp³-hybridized carbons (Fsp3) is 1.00. The summed E-state index contributed by atoms with van der Waals surface area (Å²) in [7, 11) is -0.0628. The molecule has 1 heterocycles. The van der Waals surface area contributed by atoms with Gasteiger partial charge in [0.25, 0.3) is 0 Å². The summed E-state index contributed by atoms with van der Waals surface area (Å²) in [6, 6.07) is 0. The van der Waals surface area contributed by atoms with Crippen molar-refractivity contribution in [2.75, 3.05) is 0 Å². The molecule has 0 spiro atoms. The van der Waals surface area contributed by atoms with Crippen LogP contribution in [0.3, 0.4) is 0 Å². The quantitative estimate of drug-likeness (QED) is 0.559. The van der Waals surface area contributed by atoms with Crippen LogP contribution < -0.4 is 0 Å². The van der Waals surface area contributed by atoms with Gasteiger partial charge in [-0.05, 0) is 0 Å². The highest BCUT2D eigenvalue weighted by Gasteiger charge is 2.23. The van der Waals surface area contributed by atoms with E-state index in [0.29, 0.717) is 0 Å². The normalized spacial score (nSPS) is 36.0. The molecule has 1 aliphatic rings. The molecule has 4 heteroatoms. The average molecular weight is 231 g/mol. The van der Waals surface area contributed by atoms with E-state index in [-0.39, 0.29) is 35.2 Å². The van der Waals surface area contributed by atoms with E-state index in [2.05, 4.69) is 26.2 Å². The van der Waals surface area contributed by atoms with Gasteiger partial charge in [-0.25, -0.2) is 0 Å². The lowest BCUT2D eigenvalue weighted by atomic mass is 11.7. The lowest BCUT2D eigenvalue weighted by Crippen LogP contribution is -2.34. The Hall–Kier alpha value is 0.868. The molecule has 0 aliphatic carbocycles. The zero-order valence-electron chi connectivity index (χ0n) is 8.98.